The van der Waals surface area contributed by atoms with E-state index in [0.29, 0.717) is 22.4 Å². The van der Waals surface area contributed by atoms with Crippen LogP contribution in [0.4, 0.5) is 0 Å². The van der Waals surface area contributed by atoms with Crippen molar-refractivity contribution in [2.75, 3.05) is 7.11 Å². The van der Waals surface area contributed by atoms with E-state index in [9.17, 15) is 14.7 Å². The van der Waals surface area contributed by atoms with Crippen molar-refractivity contribution in [3.8, 4) is 11.5 Å². The summed E-state index contributed by atoms with van der Waals surface area (Å²) in [6.45, 7) is 0. The molecular weight excluding hydrogens is 284 g/mol. The van der Waals surface area contributed by atoms with Crippen LogP contribution in [-0.2, 0) is 0 Å². The molecule has 0 atom stereocenters. The quantitative estimate of drug-likeness (QED) is 0.694. The maximum absolute atomic E-state index is 12.1. The Morgan fingerprint density at radius 2 is 1.73 bits per heavy atom. The van der Waals surface area contributed by atoms with Crippen molar-refractivity contribution >= 4 is 18.0 Å². The SMILES string of the molecule is COc1ccc(/C=N\N2C(=O)c3ccccc3C2=O)cc1O. The van der Waals surface area contributed by atoms with Crippen LogP contribution in [0.3, 0.4) is 0 Å². The highest BCUT2D eigenvalue weighted by Gasteiger charge is 2.35. The fraction of sp³-hybridized carbons (Fsp3) is 0.0625. The number of hydrazone groups is 1. The highest BCUT2D eigenvalue weighted by Crippen LogP contribution is 2.26. The number of ether oxygens (including phenoxy) is 1. The molecule has 1 aliphatic heterocycles. The summed E-state index contributed by atoms with van der Waals surface area (Å²) in [5.74, 6) is -0.643. The zero-order chi connectivity index (χ0) is 15.7. The van der Waals surface area contributed by atoms with Crippen molar-refractivity contribution in [2.24, 2.45) is 5.10 Å². The maximum Gasteiger partial charge on any atom is 0.282 e. The Kier molecular flexibility index (Phi) is 3.34. The second-order valence-corrected chi connectivity index (χ2v) is 4.64. The van der Waals surface area contributed by atoms with Gasteiger partial charge in [0.15, 0.2) is 11.5 Å². The molecule has 2 aromatic carbocycles. The molecule has 0 unspecified atom stereocenters. The summed E-state index contributed by atoms with van der Waals surface area (Å²) in [7, 11) is 1.45. The molecule has 22 heavy (non-hydrogen) atoms. The van der Waals surface area contributed by atoms with E-state index in [1.807, 2.05) is 0 Å². The Morgan fingerprint density at radius 3 is 2.27 bits per heavy atom. The predicted octanol–water partition coefficient (Wildman–Crippen LogP) is 2.03. The Bertz CT molecular complexity index is 763. The first kappa shape index (κ1) is 13.8. The predicted molar refractivity (Wildman–Crippen MR) is 79.2 cm³/mol. The van der Waals surface area contributed by atoms with E-state index < -0.39 is 11.8 Å². The Morgan fingerprint density at radius 1 is 1.09 bits per heavy atom. The van der Waals surface area contributed by atoms with Crippen molar-refractivity contribution in [3.05, 3.63) is 59.2 Å². The van der Waals surface area contributed by atoms with Gasteiger partial charge in [-0.25, -0.2) is 0 Å². The van der Waals surface area contributed by atoms with Crippen LogP contribution in [0.2, 0.25) is 0 Å². The molecule has 0 aromatic heterocycles. The molecule has 6 nitrogen and oxygen atoms in total. The summed E-state index contributed by atoms with van der Waals surface area (Å²) < 4.78 is 4.94. The highest BCUT2D eigenvalue weighted by molar-refractivity contribution is 6.21. The first-order chi connectivity index (χ1) is 10.6. The lowest BCUT2D eigenvalue weighted by atomic mass is 10.1. The highest BCUT2D eigenvalue weighted by atomic mass is 16.5. The number of hydrogen-bond donors (Lipinski definition) is 1. The average molecular weight is 296 g/mol. The molecule has 1 heterocycles. The monoisotopic (exact) mass is 296 g/mol. The summed E-state index contributed by atoms with van der Waals surface area (Å²) in [6.07, 6.45) is 1.33. The van der Waals surface area contributed by atoms with E-state index in [2.05, 4.69) is 5.10 Å². The number of fused-ring (bicyclic) bond motifs is 1. The normalized spacial score (nSPS) is 13.8. The number of hydrogen-bond acceptors (Lipinski definition) is 5. The van der Waals surface area contributed by atoms with Gasteiger partial charge in [0.2, 0.25) is 0 Å². The zero-order valence-electron chi connectivity index (χ0n) is 11.7. The largest absolute Gasteiger partial charge is 0.504 e. The van der Waals surface area contributed by atoms with E-state index in [1.165, 1.54) is 19.4 Å². The number of imide groups is 1. The van der Waals surface area contributed by atoms with E-state index in [4.69, 9.17) is 4.74 Å². The summed E-state index contributed by atoms with van der Waals surface area (Å²) in [5.41, 5.74) is 1.21. The summed E-state index contributed by atoms with van der Waals surface area (Å²) in [5, 5.41) is 14.4. The van der Waals surface area contributed by atoms with Crippen LogP contribution < -0.4 is 4.74 Å². The molecule has 3 rings (SSSR count). The van der Waals surface area contributed by atoms with Gasteiger partial charge in [0.05, 0.1) is 24.5 Å². The minimum absolute atomic E-state index is 0.0474. The van der Waals surface area contributed by atoms with Gasteiger partial charge in [0, 0.05) is 0 Å². The standard InChI is InChI=1S/C16H12N2O4/c1-22-14-7-6-10(8-13(14)19)9-17-18-15(20)11-4-2-3-5-12(11)16(18)21/h2-9,19H,1H3/b17-9-. The van der Waals surface area contributed by atoms with Gasteiger partial charge in [-0.3, -0.25) is 9.59 Å². The molecule has 0 bridgehead atoms. The number of methoxy groups -OCH3 is 1. The smallest absolute Gasteiger partial charge is 0.282 e. The number of nitrogens with zero attached hydrogens (tertiary/aromatic N) is 2. The van der Waals surface area contributed by atoms with E-state index in [1.54, 1.807) is 36.4 Å². The third-order valence-corrected chi connectivity index (χ3v) is 3.30. The average Bonchev–Trinajstić information content (AvgIpc) is 2.77. The van der Waals surface area contributed by atoms with Crippen LogP contribution in [0.25, 0.3) is 0 Å². The molecule has 2 aromatic rings. The molecule has 110 valence electrons. The molecule has 6 heteroatoms. The number of benzene rings is 2. The van der Waals surface area contributed by atoms with Gasteiger partial charge in [0.1, 0.15) is 0 Å². The molecule has 1 aliphatic rings. The second-order valence-electron chi connectivity index (χ2n) is 4.64. The molecule has 2 amide bonds. The van der Waals surface area contributed by atoms with Gasteiger partial charge in [-0.15, -0.1) is 0 Å². The van der Waals surface area contributed by atoms with Crippen LogP contribution in [0.15, 0.2) is 47.6 Å². The van der Waals surface area contributed by atoms with Crippen LogP contribution in [0.5, 0.6) is 11.5 Å². The topological polar surface area (TPSA) is 79.2 Å². The van der Waals surface area contributed by atoms with Crippen molar-refractivity contribution < 1.29 is 19.4 Å². The lowest BCUT2D eigenvalue weighted by molar-refractivity contribution is 0.0660. The fourth-order valence-electron chi connectivity index (χ4n) is 2.19. The maximum atomic E-state index is 12.1. The lowest BCUT2D eigenvalue weighted by Gasteiger charge is -2.06. The molecule has 1 N–H and O–H groups in total. The number of amides is 2. The zero-order valence-corrected chi connectivity index (χ0v) is 11.7. The van der Waals surface area contributed by atoms with Crippen molar-refractivity contribution in [1.29, 1.82) is 0 Å². The third-order valence-electron chi connectivity index (χ3n) is 3.30. The Hall–Kier alpha value is -3.15. The molecule has 0 spiro atoms. The summed E-state index contributed by atoms with van der Waals surface area (Å²) >= 11 is 0. The number of phenols is 1. The number of carbonyl (C=O) groups is 2. The van der Waals surface area contributed by atoms with Gasteiger partial charge in [-0.2, -0.15) is 10.1 Å². The van der Waals surface area contributed by atoms with Crippen LogP contribution >= 0.6 is 0 Å². The molecule has 0 radical (unpaired) electrons. The van der Waals surface area contributed by atoms with Gasteiger partial charge in [-0.05, 0) is 35.9 Å². The van der Waals surface area contributed by atoms with Gasteiger partial charge in [0.25, 0.3) is 11.8 Å². The van der Waals surface area contributed by atoms with Gasteiger partial charge in [-0.1, -0.05) is 12.1 Å². The van der Waals surface area contributed by atoms with Gasteiger partial charge >= 0.3 is 0 Å². The van der Waals surface area contributed by atoms with Crippen molar-refractivity contribution in [3.63, 3.8) is 0 Å². The number of rotatable bonds is 3. The fourth-order valence-corrected chi connectivity index (χ4v) is 2.19. The summed E-state index contributed by atoms with van der Waals surface area (Å²) in [4.78, 5) is 24.2. The second kappa shape index (κ2) is 5.33. The first-order valence-corrected chi connectivity index (χ1v) is 6.50. The van der Waals surface area contributed by atoms with Crippen molar-refractivity contribution in [1.82, 2.24) is 5.01 Å². The van der Waals surface area contributed by atoms with Crippen LogP contribution in [0.1, 0.15) is 26.3 Å². The molecule has 0 aliphatic carbocycles. The minimum atomic E-state index is -0.463. The lowest BCUT2D eigenvalue weighted by Crippen LogP contribution is -2.23. The number of phenolic OH excluding ortho intramolecular Hbond substituents is 1. The Balaban J connectivity index is 1.87. The Labute approximate surface area is 126 Å². The van der Waals surface area contributed by atoms with E-state index in [0.717, 1.165) is 5.01 Å². The molecule has 0 fully saturated rings. The van der Waals surface area contributed by atoms with Crippen molar-refractivity contribution in [2.45, 2.75) is 0 Å². The van der Waals surface area contributed by atoms with Crippen LogP contribution in [-0.4, -0.2) is 35.3 Å². The number of carbonyl (C=O) groups excluding carboxylic acids is 2. The van der Waals surface area contributed by atoms with Crippen LogP contribution in [0, 0.1) is 0 Å². The van der Waals surface area contributed by atoms with E-state index in [-0.39, 0.29) is 5.75 Å². The third kappa shape index (κ3) is 2.20. The van der Waals surface area contributed by atoms with Gasteiger partial charge < -0.3 is 9.84 Å². The first-order valence-electron chi connectivity index (χ1n) is 6.50. The molecular formula is C16H12N2O4. The number of aromatic hydroxyl groups is 1. The molecule has 0 saturated heterocycles. The molecule has 0 saturated carbocycles. The van der Waals surface area contributed by atoms with E-state index >= 15 is 0 Å². The minimum Gasteiger partial charge on any atom is -0.504 e. The summed E-state index contributed by atoms with van der Waals surface area (Å²) in [6, 6.07) is 11.2.